The Morgan fingerprint density at radius 3 is 2.41 bits per heavy atom. The van der Waals surface area contributed by atoms with Gasteiger partial charge in [-0.2, -0.15) is 0 Å². The van der Waals surface area contributed by atoms with Gasteiger partial charge in [-0.1, -0.05) is 19.8 Å². The van der Waals surface area contributed by atoms with Gasteiger partial charge in [0.25, 0.3) is 0 Å². The Balaban J connectivity index is 1.27. The summed E-state index contributed by atoms with van der Waals surface area (Å²) in [4.78, 5) is 15.4. The average Bonchev–Trinajstić information content (AvgIpc) is 3.18. The second-order valence-electron chi connectivity index (χ2n) is 10.9. The first-order valence-electron chi connectivity index (χ1n) is 12.3. The lowest BCUT2D eigenvalue weighted by molar-refractivity contribution is -0.124. The first-order valence-corrected chi connectivity index (χ1v) is 12.3. The normalized spacial score (nSPS) is 45.8. The van der Waals surface area contributed by atoms with Crippen LogP contribution in [0.4, 0.5) is 4.39 Å². The summed E-state index contributed by atoms with van der Waals surface area (Å²) >= 11 is 0. The highest BCUT2D eigenvalue weighted by molar-refractivity contribution is 5.82. The zero-order valence-electron chi connectivity index (χ0n) is 18.7. The summed E-state index contributed by atoms with van der Waals surface area (Å²) < 4.78 is 14.4. The number of nitrogens with zero attached hydrogens (tertiary/aromatic N) is 1. The van der Waals surface area contributed by atoms with Gasteiger partial charge in [-0.05, 0) is 89.6 Å². The van der Waals surface area contributed by atoms with Crippen molar-refractivity contribution in [3.05, 3.63) is 0 Å². The van der Waals surface area contributed by atoms with Crippen LogP contribution >= 0.6 is 0 Å². The largest absolute Gasteiger partial charge is 0.352 e. The molecule has 0 aromatic carbocycles. The first kappa shape index (κ1) is 21.5. The van der Waals surface area contributed by atoms with Crippen LogP contribution in [0.15, 0.2) is 0 Å². The molecule has 2 N–H and O–H groups in total. The van der Waals surface area contributed by atoms with Crippen LogP contribution in [0.25, 0.3) is 0 Å². The van der Waals surface area contributed by atoms with Gasteiger partial charge < -0.3 is 15.5 Å². The van der Waals surface area contributed by atoms with Gasteiger partial charge in [0.2, 0.25) is 5.91 Å². The van der Waals surface area contributed by atoms with E-state index in [1.54, 1.807) is 0 Å². The van der Waals surface area contributed by atoms with Gasteiger partial charge in [0.15, 0.2) is 0 Å². The first-order chi connectivity index (χ1) is 13.9. The predicted molar refractivity (Wildman–Crippen MR) is 115 cm³/mol. The van der Waals surface area contributed by atoms with Crippen molar-refractivity contribution in [1.29, 1.82) is 0 Å². The number of carbonyl (C=O) groups is 1. The molecule has 29 heavy (non-hydrogen) atoms. The number of hydrogen-bond donors (Lipinski definition) is 2. The summed E-state index contributed by atoms with van der Waals surface area (Å²) in [6.45, 7) is 2.20. The topological polar surface area (TPSA) is 44.4 Å². The standard InChI is InChI=1S/C24H42FN3O/c1-15-7-12-21(25)20-14-22(27-23(15)20)24(29)26-18-6-4-5-17(13-18)16-8-10-19(11-9-16)28(2)3/h15-23,27H,4-14H2,1-3H3,(H,26,29). The summed E-state index contributed by atoms with van der Waals surface area (Å²) in [7, 11) is 4.41. The number of rotatable bonds is 4. The Morgan fingerprint density at radius 2 is 1.72 bits per heavy atom. The van der Waals surface area contributed by atoms with E-state index in [0.29, 0.717) is 24.8 Å². The smallest absolute Gasteiger partial charge is 0.237 e. The van der Waals surface area contributed by atoms with Crippen LogP contribution in [-0.2, 0) is 4.79 Å². The summed E-state index contributed by atoms with van der Waals surface area (Å²) in [6, 6.07) is 1.06. The third-order valence-corrected chi connectivity index (χ3v) is 8.85. The molecule has 1 amide bonds. The van der Waals surface area contributed by atoms with E-state index in [4.69, 9.17) is 0 Å². The SMILES string of the molecule is CC1CCC(F)C2CC(C(=O)NC3CCCC(C4CCC(N(C)C)CC4)C3)NC12. The van der Waals surface area contributed by atoms with Gasteiger partial charge >= 0.3 is 0 Å². The minimum Gasteiger partial charge on any atom is -0.352 e. The number of amides is 1. The van der Waals surface area contributed by atoms with E-state index >= 15 is 0 Å². The number of fused-ring (bicyclic) bond motifs is 1. The van der Waals surface area contributed by atoms with Crippen molar-refractivity contribution in [3.8, 4) is 0 Å². The van der Waals surface area contributed by atoms with E-state index in [0.717, 1.165) is 37.1 Å². The second kappa shape index (κ2) is 9.21. The Labute approximate surface area is 176 Å². The zero-order valence-corrected chi connectivity index (χ0v) is 18.7. The third kappa shape index (κ3) is 4.81. The highest BCUT2D eigenvalue weighted by Gasteiger charge is 2.46. The van der Waals surface area contributed by atoms with Gasteiger partial charge in [-0.15, -0.1) is 0 Å². The third-order valence-electron chi connectivity index (χ3n) is 8.85. The molecule has 166 valence electrons. The molecule has 1 aliphatic heterocycles. The van der Waals surface area contributed by atoms with Gasteiger partial charge in [0.1, 0.15) is 6.17 Å². The molecule has 0 aromatic heterocycles. The monoisotopic (exact) mass is 407 g/mol. The van der Waals surface area contributed by atoms with Crippen LogP contribution < -0.4 is 10.6 Å². The maximum Gasteiger partial charge on any atom is 0.237 e. The van der Waals surface area contributed by atoms with Crippen LogP contribution in [0.3, 0.4) is 0 Å². The molecule has 4 nitrogen and oxygen atoms in total. The molecule has 1 saturated heterocycles. The predicted octanol–water partition coefficient (Wildman–Crippen LogP) is 3.90. The molecule has 1 heterocycles. The van der Waals surface area contributed by atoms with E-state index in [-0.39, 0.29) is 23.9 Å². The Morgan fingerprint density at radius 1 is 0.966 bits per heavy atom. The molecule has 4 rings (SSSR count). The molecule has 4 fully saturated rings. The highest BCUT2D eigenvalue weighted by Crippen LogP contribution is 2.40. The zero-order chi connectivity index (χ0) is 20.5. The van der Waals surface area contributed by atoms with E-state index in [1.165, 1.54) is 38.5 Å². The molecule has 0 bridgehead atoms. The summed E-state index contributed by atoms with van der Waals surface area (Å²) in [6.07, 6.45) is 11.7. The van der Waals surface area contributed by atoms with E-state index in [1.807, 2.05) is 0 Å². The quantitative estimate of drug-likeness (QED) is 0.743. The van der Waals surface area contributed by atoms with Gasteiger partial charge in [0.05, 0.1) is 6.04 Å². The number of halogens is 1. The van der Waals surface area contributed by atoms with Crippen molar-refractivity contribution >= 4 is 5.91 Å². The summed E-state index contributed by atoms with van der Waals surface area (Å²) in [5.41, 5.74) is 0. The lowest BCUT2D eigenvalue weighted by Crippen LogP contribution is -2.49. The van der Waals surface area contributed by atoms with Crippen molar-refractivity contribution in [3.63, 3.8) is 0 Å². The minimum absolute atomic E-state index is 0.0282. The van der Waals surface area contributed by atoms with Crippen LogP contribution in [-0.4, -0.2) is 55.2 Å². The average molecular weight is 408 g/mol. The van der Waals surface area contributed by atoms with Crippen LogP contribution in [0, 0.1) is 23.7 Å². The lowest BCUT2D eigenvalue weighted by atomic mass is 9.71. The fourth-order valence-corrected chi connectivity index (χ4v) is 6.98. The maximum atomic E-state index is 14.4. The molecular formula is C24H42FN3O. The molecule has 3 saturated carbocycles. The molecule has 5 heteroatoms. The van der Waals surface area contributed by atoms with Crippen molar-refractivity contribution < 1.29 is 9.18 Å². The molecule has 0 aromatic rings. The maximum absolute atomic E-state index is 14.4. The molecule has 0 radical (unpaired) electrons. The van der Waals surface area contributed by atoms with Crippen molar-refractivity contribution in [2.75, 3.05) is 14.1 Å². The van der Waals surface area contributed by atoms with Gasteiger partial charge in [0, 0.05) is 24.0 Å². The van der Waals surface area contributed by atoms with Crippen molar-refractivity contribution in [2.24, 2.45) is 23.7 Å². The Kier molecular flexibility index (Phi) is 6.85. The number of hydrogen-bond acceptors (Lipinski definition) is 3. The van der Waals surface area contributed by atoms with Gasteiger partial charge in [-0.25, -0.2) is 4.39 Å². The van der Waals surface area contributed by atoms with Crippen LogP contribution in [0.2, 0.25) is 0 Å². The summed E-state index contributed by atoms with van der Waals surface area (Å²) in [5, 5.41) is 6.86. The molecule has 7 atom stereocenters. The number of alkyl halides is 1. The lowest BCUT2D eigenvalue weighted by Gasteiger charge is -2.40. The number of nitrogens with one attached hydrogen (secondary N) is 2. The van der Waals surface area contributed by atoms with E-state index in [2.05, 4.69) is 36.6 Å². The van der Waals surface area contributed by atoms with Crippen molar-refractivity contribution in [2.45, 2.75) is 108 Å². The molecule has 0 spiro atoms. The minimum atomic E-state index is -0.738. The highest BCUT2D eigenvalue weighted by atomic mass is 19.1. The van der Waals surface area contributed by atoms with E-state index < -0.39 is 6.17 Å². The van der Waals surface area contributed by atoms with Crippen LogP contribution in [0.1, 0.15) is 77.6 Å². The fraction of sp³-hybridized carbons (Fsp3) is 0.958. The van der Waals surface area contributed by atoms with Gasteiger partial charge in [-0.3, -0.25) is 4.79 Å². The van der Waals surface area contributed by atoms with Crippen LogP contribution in [0.5, 0.6) is 0 Å². The molecule has 7 unspecified atom stereocenters. The Bertz CT molecular complexity index is 544. The molecular weight excluding hydrogens is 365 g/mol. The number of carbonyl (C=O) groups excluding carboxylic acids is 1. The van der Waals surface area contributed by atoms with Crippen molar-refractivity contribution in [1.82, 2.24) is 15.5 Å². The van der Waals surface area contributed by atoms with E-state index in [9.17, 15) is 9.18 Å². The second-order valence-corrected chi connectivity index (χ2v) is 10.9. The molecule has 3 aliphatic carbocycles. The fourth-order valence-electron chi connectivity index (χ4n) is 6.98. The summed E-state index contributed by atoms with van der Waals surface area (Å²) in [5.74, 6) is 2.24. The molecule has 4 aliphatic rings. The Hall–Kier alpha value is -0.680.